The minimum atomic E-state index is 0.735. The smallest absolute Gasteiger partial charge is 0.175 e. The van der Waals surface area contributed by atoms with Crippen molar-refractivity contribution in [1.82, 2.24) is 5.32 Å². The molecule has 3 nitrogen and oxygen atoms in total. The predicted molar refractivity (Wildman–Crippen MR) is 79.0 cm³/mol. The maximum atomic E-state index is 5.79. The number of hydrogen-bond acceptors (Lipinski definition) is 3. The Bertz CT molecular complexity index is 444. The predicted octanol–water partition coefficient (Wildman–Crippen LogP) is 3.15. The number of rotatable bonds is 2. The summed E-state index contributed by atoms with van der Waals surface area (Å²) >= 11 is 3.62. The molecule has 0 aliphatic carbocycles. The van der Waals surface area contributed by atoms with Gasteiger partial charge in [-0.1, -0.05) is 0 Å². The van der Waals surface area contributed by atoms with Gasteiger partial charge in [0.2, 0.25) is 0 Å². The van der Waals surface area contributed by atoms with Crippen molar-refractivity contribution < 1.29 is 9.47 Å². The molecule has 0 atom stereocenters. The van der Waals surface area contributed by atoms with Gasteiger partial charge in [-0.3, -0.25) is 0 Å². The average molecular weight is 326 g/mol. The van der Waals surface area contributed by atoms with Gasteiger partial charge in [0.05, 0.1) is 17.7 Å². The highest BCUT2D eigenvalue weighted by molar-refractivity contribution is 9.10. The third kappa shape index (κ3) is 3.23. The second-order valence-electron chi connectivity index (χ2n) is 5.35. The average Bonchev–Trinajstić information content (AvgIpc) is 2.65. The molecule has 0 radical (unpaired) electrons. The van der Waals surface area contributed by atoms with Gasteiger partial charge in [-0.05, 0) is 71.9 Å². The first-order valence-corrected chi connectivity index (χ1v) is 7.91. The van der Waals surface area contributed by atoms with E-state index in [4.69, 9.17) is 9.47 Å². The first kappa shape index (κ1) is 13.3. The molecule has 2 heterocycles. The highest BCUT2D eigenvalue weighted by Gasteiger charge is 2.18. The van der Waals surface area contributed by atoms with Crippen LogP contribution in [0.3, 0.4) is 0 Å². The van der Waals surface area contributed by atoms with E-state index in [1.807, 2.05) is 0 Å². The number of hydrogen-bond donors (Lipinski definition) is 1. The van der Waals surface area contributed by atoms with Crippen molar-refractivity contribution in [2.75, 3.05) is 26.3 Å². The molecule has 1 fully saturated rings. The molecule has 0 saturated carbocycles. The molecule has 0 bridgehead atoms. The normalized spacial score (nSPS) is 20.1. The van der Waals surface area contributed by atoms with Gasteiger partial charge in [-0.25, -0.2) is 0 Å². The quantitative estimate of drug-likeness (QED) is 0.906. The molecule has 2 aliphatic rings. The first-order chi connectivity index (χ1) is 9.33. The fourth-order valence-corrected chi connectivity index (χ4v) is 3.43. The van der Waals surface area contributed by atoms with E-state index in [-0.39, 0.29) is 0 Å². The Kier molecular flexibility index (Phi) is 4.28. The zero-order valence-electron chi connectivity index (χ0n) is 11.1. The van der Waals surface area contributed by atoms with Crippen molar-refractivity contribution in [2.24, 2.45) is 5.92 Å². The Hall–Kier alpha value is -0.740. The van der Waals surface area contributed by atoms with Crippen LogP contribution < -0.4 is 14.8 Å². The topological polar surface area (TPSA) is 30.5 Å². The van der Waals surface area contributed by atoms with Gasteiger partial charge >= 0.3 is 0 Å². The van der Waals surface area contributed by atoms with Gasteiger partial charge in [0.15, 0.2) is 11.5 Å². The van der Waals surface area contributed by atoms with E-state index in [0.717, 1.165) is 61.0 Å². The van der Waals surface area contributed by atoms with E-state index in [0.29, 0.717) is 0 Å². The lowest BCUT2D eigenvalue weighted by Crippen LogP contribution is -2.28. The molecule has 1 N–H and O–H groups in total. The second-order valence-corrected chi connectivity index (χ2v) is 6.21. The summed E-state index contributed by atoms with van der Waals surface area (Å²) < 4.78 is 12.6. The van der Waals surface area contributed by atoms with Crippen molar-refractivity contribution in [3.8, 4) is 11.5 Å². The summed E-state index contributed by atoms with van der Waals surface area (Å²) in [6.45, 7) is 3.78. The van der Waals surface area contributed by atoms with E-state index in [1.165, 1.54) is 18.4 Å². The summed E-state index contributed by atoms with van der Waals surface area (Å²) in [7, 11) is 0. The van der Waals surface area contributed by atoms with Gasteiger partial charge in [0.1, 0.15) is 0 Å². The fourth-order valence-electron chi connectivity index (χ4n) is 2.82. The molecule has 1 saturated heterocycles. The van der Waals surface area contributed by atoms with E-state index in [2.05, 4.69) is 33.4 Å². The summed E-state index contributed by atoms with van der Waals surface area (Å²) in [6.07, 6.45) is 4.62. The number of ether oxygens (including phenoxy) is 2. The molecule has 19 heavy (non-hydrogen) atoms. The van der Waals surface area contributed by atoms with Crippen LogP contribution >= 0.6 is 15.9 Å². The largest absolute Gasteiger partial charge is 0.490 e. The van der Waals surface area contributed by atoms with Crippen LogP contribution in [0.15, 0.2) is 16.6 Å². The van der Waals surface area contributed by atoms with Gasteiger partial charge < -0.3 is 14.8 Å². The number of piperidine rings is 1. The monoisotopic (exact) mass is 325 g/mol. The van der Waals surface area contributed by atoms with Crippen molar-refractivity contribution in [3.63, 3.8) is 0 Å². The molecule has 0 unspecified atom stereocenters. The second kappa shape index (κ2) is 6.14. The highest BCUT2D eigenvalue weighted by atomic mass is 79.9. The number of nitrogens with one attached hydrogen (secondary N) is 1. The summed E-state index contributed by atoms with van der Waals surface area (Å²) in [5.41, 5.74) is 1.35. The number of benzene rings is 1. The molecule has 0 spiro atoms. The molecule has 1 aromatic carbocycles. The van der Waals surface area contributed by atoms with E-state index >= 15 is 0 Å². The number of fused-ring (bicyclic) bond motifs is 1. The van der Waals surface area contributed by atoms with E-state index in [9.17, 15) is 0 Å². The van der Waals surface area contributed by atoms with Crippen LogP contribution in [0.5, 0.6) is 11.5 Å². The fraction of sp³-hybridized carbons (Fsp3) is 0.600. The van der Waals surface area contributed by atoms with Crippen molar-refractivity contribution >= 4 is 15.9 Å². The highest BCUT2D eigenvalue weighted by Crippen LogP contribution is 2.39. The van der Waals surface area contributed by atoms with Crippen LogP contribution in [0, 0.1) is 5.92 Å². The van der Waals surface area contributed by atoms with Crippen LogP contribution in [-0.4, -0.2) is 26.3 Å². The lowest BCUT2D eigenvalue weighted by molar-refractivity contribution is 0.296. The zero-order valence-corrected chi connectivity index (χ0v) is 12.7. The molecule has 1 aromatic rings. The summed E-state index contributed by atoms with van der Waals surface area (Å²) in [4.78, 5) is 0. The Labute approximate surface area is 122 Å². The molecule has 104 valence electrons. The Morgan fingerprint density at radius 1 is 1.16 bits per heavy atom. The van der Waals surface area contributed by atoms with Gasteiger partial charge in [-0.2, -0.15) is 0 Å². The van der Waals surface area contributed by atoms with Crippen LogP contribution in [0.1, 0.15) is 24.8 Å². The van der Waals surface area contributed by atoms with Gasteiger partial charge in [-0.15, -0.1) is 0 Å². The number of halogens is 1. The van der Waals surface area contributed by atoms with E-state index < -0.39 is 0 Å². The summed E-state index contributed by atoms with van der Waals surface area (Å²) in [5, 5.41) is 3.42. The lowest BCUT2D eigenvalue weighted by atomic mass is 9.91. The van der Waals surface area contributed by atoms with Crippen molar-refractivity contribution in [3.05, 3.63) is 22.2 Å². The summed E-state index contributed by atoms with van der Waals surface area (Å²) in [5.74, 6) is 2.56. The minimum Gasteiger partial charge on any atom is -0.490 e. The maximum Gasteiger partial charge on any atom is 0.175 e. The first-order valence-electron chi connectivity index (χ1n) is 7.11. The van der Waals surface area contributed by atoms with Crippen LogP contribution in [0.2, 0.25) is 0 Å². The molecule has 3 rings (SSSR count). The van der Waals surface area contributed by atoms with Crippen LogP contribution in [0.4, 0.5) is 0 Å². The third-order valence-electron chi connectivity index (χ3n) is 3.85. The Balaban J connectivity index is 1.78. The molecule has 4 heteroatoms. The van der Waals surface area contributed by atoms with Crippen molar-refractivity contribution in [2.45, 2.75) is 25.7 Å². The van der Waals surface area contributed by atoms with E-state index in [1.54, 1.807) is 0 Å². The van der Waals surface area contributed by atoms with Crippen molar-refractivity contribution in [1.29, 1.82) is 0 Å². The molecule has 0 amide bonds. The lowest BCUT2D eigenvalue weighted by Gasteiger charge is -2.23. The maximum absolute atomic E-state index is 5.79. The van der Waals surface area contributed by atoms with Gasteiger partial charge in [0, 0.05) is 6.42 Å². The van der Waals surface area contributed by atoms with Crippen LogP contribution in [-0.2, 0) is 6.42 Å². The molecular weight excluding hydrogens is 306 g/mol. The third-order valence-corrected chi connectivity index (χ3v) is 4.43. The zero-order chi connectivity index (χ0) is 13.1. The standard InChI is InChI=1S/C15H20BrNO2/c16-13-9-12(8-11-2-4-17-5-3-11)10-14-15(13)19-7-1-6-18-14/h9-11,17H,1-8H2. The minimum absolute atomic E-state index is 0.735. The van der Waals surface area contributed by atoms with Crippen LogP contribution in [0.25, 0.3) is 0 Å². The SMILES string of the molecule is Brc1cc(CC2CCNCC2)cc2c1OCCCO2. The summed E-state index contributed by atoms with van der Waals surface area (Å²) in [6, 6.07) is 4.35. The molecule has 0 aromatic heterocycles. The van der Waals surface area contributed by atoms with Gasteiger partial charge in [0.25, 0.3) is 0 Å². The Morgan fingerprint density at radius 2 is 1.95 bits per heavy atom. The molecular formula is C15H20BrNO2. The Morgan fingerprint density at radius 3 is 2.79 bits per heavy atom. The molecule has 2 aliphatic heterocycles.